The van der Waals surface area contributed by atoms with Gasteiger partial charge in [0.05, 0.1) is 10.9 Å². The maximum atomic E-state index is 12.8. The minimum Gasteiger partial charge on any atom is -0.347 e. The molecule has 2 fully saturated rings. The minimum absolute atomic E-state index is 0.0287. The van der Waals surface area contributed by atoms with Gasteiger partial charge in [0.25, 0.3) is 0 Å². The molecule has 3 rings (SSSR count). The van der Waals surface area contributed by atoms with Crippen molar-refractivity contribution in [2.45, 2.75) is 50.6 Å². The lowest BCUT2D eigenvalue weighted by Gasteiger charge is -2.31. The van der Waals surface area contributed by atoms with Gasteiger partial charge in [0.1, 0.15) is 6.04 Å². The van der Waals surface area contributed by atoms with Crippen LogP contribution in [-0.2, 0) is 9.59 Å². The van der Waals surface area contributed by atoms with Crippen molar-refractivity contribution < 1.29 is 9.59 Å². The second kappa shape index (κ2) is 6.19. The van der Waals surface area contributed by atoms with Crippen molar-refractivity contribution in [2.24, 2.45) is 5.92 Å². The van der Waals surface area contributed by atoms with Crippen molar-refractivity contribution >= 4 is 23.6 Å². The second-order valence-corrected chi connectivity index (χ2v) is 8.41. The standard InChI is InChI=1S/C18H24N2O2S/c1-12(2)16(13-7-5-4-6-8-13)19-17(22)14-11-23-18(3)10-9-15(21)20(14)18/h4-8,12,14,16H,9-11H2,1-3H3,(H,19,22). The molecule has 0 saturated carbocycles. The van der Waals surface area contributed by atoms with Crippen LogP contribution in [0.15, 0.2) is 30.3 Å². The molecule has 4 nitrogen and oxygen atoms in total. The Bertz CT molecular complexity index is 604. The Morgan fingerprint density at radius 3 is 2.70 bits per heavy atom. The average molecular weight is 332 g/mol. The van der Waals surface area contributed by atoms with Gasteiger partial charge in [-0.25, -0.2) is 0 Å². The van der Waals surface area contributed by atoms with Gasteiger partial charge in [-0.1, -0.05) is 44.2 Å². The first-order valence-electron chi connectivity index (χ1n) is 8.24. The average Bonchev–Trinajstić information content (AvgIpc) is 3.02. The molecular formula is C18H24N2O2S. The number of rotatable bonds is 4. The summed E-state index contributed by atoms with van der Waals surface area (Å²) in [6.07, 6.45) is 1.39. The smallest absolute Gasteiger partial charge is 0.244 e. The van der Waals surface area contributed by atoms with Crippen LogP contribution in [0.25, 0.3) is 0 Å². The van der Waals surface area contributed by atoms with E-state index in [1.807, 2.05) is 35.2 Å². The quantitative estimate of drug-likeness (QED) is 0.922. The molecule has 124 valence electrons. The molecule has 2 aliphatic heterocycles. The summed E-state index contributed by atoms with van der Waals surface area (Å²) in [7, 11) is 0. The van der Waals surface area contributed by atoms with Crippen molar-refractivity contribution in [1.82, 2.24) is 10.2 Å². The predicted molar refractivity (Wildman–Crippen MR) is 92.9 cm³/mol. The van der Waals surface area contributed by atoms with Gasteiger partial charge in [-0.15, -0.1) is 11.8 Å². The van der Waals surface area contributed by atoms with Gasteiger partial charge < -0.3 is 10.2 Å². The summed E-state index contributed by atoms with van der Waals surface area (Å²) in [6.45, 7) is 6.28. The molecule has 2 aliphatic rings. The SMILES string of the molecule is CC(C)C(NC(=O)C1CSC2(C)CCC(=O)N12)c1ccccc1. The number of carbonyl (C=O) groups excluding carboxylic acids is 2. The maximum absolute atomic E-state index is 12.8. The fourth-order valence-corrected chi connectivity index (χ4v) is 4.99. The van der Waals surface area contributed by atoms with Crippen molar-refractivity contribution in [3.63, 3.8) is 0 Å². The molecular weight excluding hydrogens is 308 g/mol. The van der Waals surface area contributed by atoms with E-state index in [4.69, 9.17) is 0 Å². The Kier molecular flexibility index (Phi) is 4.41. The molecule has 3 unspecified atom stereocenters. The number of fused-ring (bicyclic) bond motifs is 1. The molecule has 0 spiro atoms. The van der Waals surface area contributed by atoms with Crippen molar-refractivity contribution in [1.29, 1.82) is 0 Å². The van der Waals surface area contributed by atoms with Gasteiger partial charge in [0.15, 0.2) is 0 Å². The number of hydrogen-bond acceptors (Lipinski definition) is 3. The number of hydrogen-bond donors (Lipinski definition) is 1. The maximum Gasteiger partial charge on any atom is 0.244 e. The summed E-state index contributed by atoms with van der Waals surface area (Å²) in [5, 5.41) is 3.18. The fraction of sp³-hybridized carbons (Fsp3) is 0.556. The first kappa shape index (κ1) is 16.4. The summed E-state index contributed by atoms with van der Waals surface area (Å²) in [4.78, 5) is 26.7. The Labute approximate surface area is 142 Å². The molecule has 1 N–H and O–H groups in total. The predicted octanol–water partition coefficient (Wildman–Crippen LogP) is 2.95. The van der Waals surface area contributed by atoms with Gasteiger partial charge in [-0.3, -0.25) is 9.59 Å². The third-order valence-corrected chi connectivity index (χ3v) is 6.38. The van der Waals surface area contributed by atoms with Gasteiger partial charge in [-0.2, -0.15) is 0 Å². The van der Waals surface area contributed by atoms with E-state index in [-0.39, 0.29) is 34.7 Å². The number of nitrogens with one attached hydrogen (secondary N) is 1. The molecule has 2 saturated heterocycles. The lowest BCUT2D eigenvalue weighted by atomic mass is 9.95. The Balaban J connectivity index is 1.77. The molecule has 0 aliphatic carbocycles. The van der Waals surface area contributed by atoms with Crippen molar-refractivity contribution in [2.75, 3.05) is 5.75 Å². The van der Waals surface area contributed by atoms with Crippen LogP contribution in [0.3, 0.4) is 0 Å². The summed E-state index contributed by atoms with van der Waals surface area (Å²) in [6, 6.07) is 9.67. The highest BCUT2D eigenvalue weighted by Gasteiger charge is 2.53. The van der Waals surface area contributed by atoms with Crippen LogP contribution in [0, 0.1) is 5.92 Å². The lowest BCUT2D eigenvalue weighted by molar-refractivity contribution is -0.138. The minimum atomic E-state index is -0.343. The topological polar surface area (TPSA) is 49.4 Å². The van der Waals surface area contributed by atoms with Gasteiger partial charge >= 0.3 is 0 Å². The van der Waals surface area contributed by atoms with E-state index in [0.29, 0.717) is 12.2 Å². The highest BCUT2D eigenvalue weighted by molar-refractivity contribution is 8.01. The number of amides is 2. The van der Waals surface area contributed by atoms with Crippen molar-refractivity contribution in [3.05, 3.63) is 35.9 Å². The number of benzene rings is 1. The van der Waals surface area contributed by atoms with Crippen LogP contribution in [0.1, 0.15) is 45.2 Å². The highest BCUT2D eigenvalue weighted by atomic mass is 32.2. The molecule has 2 heterocycles. The third-order valence-electron chi connectivity index (χ3n) is 4.87. The molecule has 2 amide bonds. The molecule has 0 bridgehead atoms. The number of nitrogens with zero attached hydrogens (tertiary/aromatic N) is 1. The van der Waals surface area contributed by atoms with Crippen LogP contribution in [0.5, 0.6) is 0 Å². The van der Waals surface area contributed by atoms with Crippen molar-refractivity contribution in [3.8, 4) is 0 Å². The van der Waals surface area contributed by atoms with Gasteiger partial charge in [-0.05, 0) is 24.8 Å². The van der Waals surface area contributed by atoms with Crippen LogP contribution < -0.4 is 5.32 Å². The zero-order valence-electron chi connectivity index (χ0n) is 13.9. The van der Waals surface area contributed by atoms with E-state index in [0.717, 1.165) is 12.0 Å². The van der Waals surface area contributed by atoms with E-state index < -0.39 is 0 Å². The zero-order chi connectivity index (χ0) is 16.6. The van der Waals surface area contributed by atoms with Crippen LogP contribution >= 0.6 is 11.8 Å². The monoisotopic (exact) mass is 332 g/mol. The first-order chi connectivity index (χ1) is 10.9. The third kappa shape index (κ3) is 2.99. The molecule has 0 radical (unpaired) electrons. The Morgan fingerprint density at radius 1 is 1.35 bits per heavy atom. The Hall–Kier alpha value is -1.49. The van der Waals surface area contributed by atoms with Crippen LogP contribution in [0.4, 0.5) is 0 Å². The summed E-state index contributed by atoms with van der Waals surface area (Å²) < 4.78 is 0. The van der Waals surface area contributed by atoms with Gasteiger partial charge in [0.2, 0.25) is 11.8 Å². The molecule has 23 heavy (non-hydrogen) atoms. The lowest BCUT2D eigenvalue weighted by Crippen LogP contribution is -2.51. The summed E-state index contributed by atoms with van der Waals surface area (Å²) >= 11 is 1.73. The van der Waals surface area contributed by atoms with E-state index in [1.54, 1.807) is 11.8 Å². The van der Waals surface area contributed by atoms with Crippen LogP contribution in [0.2, 0.25) is 0 Å². The highest BCUT2D eigenvalue weighted by Crippen LogP contribution is 2.47. The molecule has 0 aromatic heterocycles. The normalized spacial score (nSPS) is 28.1. The number of carbonyl (C=O) groups is 2. The van der Waals surface area contributed by atoms with E-state index >= 15 is 0 Å². The fourth-order valence-electron chi connectivity index (χ4n) is 3.56. The summed E-state index contributed by atoms with van der Waals surface area (Å²) in [5.41, 5.74) is 1.11. The number of thioether (sulfide) groups is 1. The largest absolute Gasteiger partial charge is 0.347 e. The molecule has 3 atom stereocenters. The Morgan fingerprint density at radius 2 is 2.04 bits per heavy atom. The van der Waals surface area contributed by atoms with E-state index in [1.165, 1.54) is 0 Å². The molecule has 5 heteroatoms. The molecule has 1 aromatic rings. The zero-order valence-corrected chi connectivity index (χ0v) is 14.7. The first-order valence-corrected chi connectivity index (χ1v) is 9.22. The summed E-state index contributed by atoms with van der Waals surface area (Å²) in [5.74, 6) is 1.06. The van der Waals surface area contributed by atoms with Gasteiger partial charge in [0, 0.05) is 12.2 Å². The second-order valence-electron chi connectivity index (χ2n) is 6.91. The van der Waals surface area contributed by atoms with E-state index in [2.05, 4.69) is 26.1 Å². The van der Waals surface area contributed by atoms with Crippen LogP contribution in [-0.4, -0.2) is 33.4 Å². The molecule has 1 aromatic carbocycles. The van der Waals surface area contributed by atoms with E-state index in [9.17, 15) is 9.59 Å².